The minimum Gasteiger partial charge on any atom is -0.494 e. The highest BCUT2D eigenvalue weighted by Gasteiger charge is 2.06. The summed E-state index contributed by atoms with van der Waals surface area (Å²) in [4.78, 5) is 0. The van der Waals surface area contributed by atoms with Crippen LogP contribution in [0.1, 0.15) is 11.1 Å². The molecule has 0 aliphatic rings. The zero-order valence-electron chi connectivity index (χ0n) is 10.1. The van der Waals surface area contributed by atoms with Crippen LogP contribution in [0.4, 0.5) is 10.7 Å². The SMILES string of the molecule is COc1c(C)cc(C)cc1N=Nc1cccs1. The second-order valence-electron chi connectivity index (χ2n) is 3.79. The van der Waals surface area contributed by atoms with Crippen molar-refractivity contribution in [1.82, 2.24) is 0 Å². The fourth-order valence-corrected chi connectivity index (χ4v) is 2.24. The number of benzene rings is 1. The van der Waals surface area contributed by atoms with Crippen molar-refractivity contribution in [2.24, 2.45) is 10.2 Å². The monoisotopic (exact) mass is 246 g/mol. The predicted octanol–water partition coefficient (Wildman–Crippen LogP) is 4.79. The van der Waals surface area contributed by atoms with Gasteiger partial charge in [-0.2, -0.15) is 0 Å². The predicted molar refractivity (Wildman–Crippen MR) is 71.0 cm³/mol. The van der Waals surface area contributed by atoms with Crippen molar-refractivity contribution in [2.75, 3.05) is 7.11 Å². The summed E-state index contributed by atoms with van der Waals surface area (Å²) >= 11 is 1.56. The first-order valence-electron chi connectivity index (χ1n) is 5.31. The van der Waals surface area contributed by atoms with Gasteiger partial charge in [-0.15, -0.1) is 21.6 Å². The number of hydrogen-bond donors (Lipinski definition) is 0. The van der Waals surface area contributed by atoms with E-state index in [4.69, 9.17) is 4.74 Å². The molecule has 0 bridgehead atoms. The average molecular weight is 246 g/mol. The zero-order chi connectivity index (χ0) is 12.3. The van der Waals surface area contributed by atoms with E-state index in [2.05, 4.69) is 16.3 Å². The lowest BCUT2D eigenvalue weighted by atomic mass is 10.1. The molecule has 2 rings (SSSR count). The first kappa shape index (κ1) is 11.8. The Morgan fingerprint density at radius 2 is 2.00 bits per heavy atom. The summed E-state index contributed by atoms with van der Waals surface area (Å²) in [5, 5.41) is 11.3. The van der Waals surface area contributed by atoms with E-state index in [0.29, 0.717) is 0 Å². The minimum atomic E-state index is 0.776. The highest BCUT2D eigenvalue weighted by molar-refractivity contribution is 7.13. The normalized spacial score (nSPS) is 11.0. The van der Waals surface area contributed by atoms with Crippen LogP contribution >= 0.6 is 11.3 Å². The fourth-order valence-electron chi connectivity index (χ4n) is 1.70. The van der Waals surface area contributed by atoms with Gasteiger partial charge in [0, 0.05) is 0 Å². The lowest BCUT2D eigenvalue weighted by molar-refractivity contribution is 0.412. The first-order chi connectivity index (χ1) is 8.20. The van der Waals surface area contributed by atoms with Crippen LogP contribution in [0.15, 0.2) is 39.9 Å². The van der Waals surface area contributed by atoms with Gasteiger partial charge in [0.25, 0.3) is 0 Å². The van der Waals surface area contributed by atoms with Crippen molar-refractivity contribution in [3.63, 3.8) is 0 Å². The van der Waals surface area contributed by atoms with E-state index in [0.717, 1.165) is 27.6 Å². The Hall–Kier alpha value is -1.68. The molecule has 1 heterocycles. The molecule has 0 aliphatic carbocycles. The third kappa shape index (κ3) is 2.71. The third-order valence-corrected chi connectivity index (χ3v) is 3.12. The molecule has 0 unspecified atom stereocenters. The molecule has 17 heavy (non-hydrogen) atoms. The van der Waals surface area contributed by atoms with Crippen molar-refractivity contribution in [1.29, 1.82) is 0 Å². The number of azo groups is 1. The molecule has 0 spiro atoms. The summed E-state index contributed by atoms with van der Waals surface area (Å²) in [6, 6.07) is 7.94. The zero-order valence-corrected chi connectivity index (χ0v) is 10.9. The first-order valence-corrected chi connectivity index (χ1v) is 6.19. The molecule has 2 aromatic rings. The lowest BCUT2D eigenvalue weighted by Gasteiger charge is -2.08. The maximum atomic E-state index is 5.35. The molecule has 0 amide bonds. The quantitative estimate of drug-likeness (QED) is 0.717. The number of rotatable bonds is 3. The molecule has 4 heteroatoms. The van der Waals surface area contributed by atoms with Gasteiger partial charge in [0.05, 0.1) is 7.11 Å². The highest BCUT2D eigenvalue weighted by Crippen LogP contribution is 2.34. The number of thiophene rings is 1. The fraction of sp³-hybridized carbons (Fsp3) is 0.231. The second kappa shape index (κ2) is 5.10. The van der Waals surface area contributed by atoms with E-state index in [1.165, 1.54) is 0 Å². The molecule has 0 N–H and O–H groups in total. The van der Waals surface area contributed by atoms with Crippen LogP contribution in [0.3, 0.4) is 0 Å². The van der Waals surface area contributed by atoms with Crippen molar-refractivity contribution >= 4 is 22.0 Å². The van der Waals surface area contributed by atoms with Crippen molar-refractivity contribution < 1.29 is 4.74 Å². The summed E-state index contributed by atoms with van der Waals surface area (Å²) < 4.78 is 5.35. The summed E-state index contributed by atoms with van der Waals surface area (Å²) in [6.45, 7) is 4.05. The van der Waals surface area contributed by atoms with Crippen LogP contribution in [0.5, 0.6) is 5.75 Å². The molecule has 0 radical (unpaired) electrons. The van der Waals surface area contributed by atoms with Crippen molar-refractivity contribution in [3.8, 4) is 5.75 Å². The molecule has 0 saturated carbocycles. The van der Waals surface area contributed by atoms with Gasteiger partial charge < -0.3 is 4.74 Å². The number of nitrogens with zero attached hydrogens (tertiary/aromatic N) is 2. The van der Waals surface area contributed by atoms with E-state index < -0.39 is 0 Å². The second-order valence-corrected chi connectivity index (χ2v) is 4.71. The summed E-state index contributed by atoms with van der Waals surface area (Å²) in [6.07, 6.45) is 0. The standard InChI is InChI=1S/C13H14N2OS/c1-9-7-10(2)13(16-3)11(8-9)14-15-12-5-4-6-17-12/h4-8H,1-3H3. The molecule has 3 nitrogen and oxygen atoms in total. The maximum absolute atomic E-state index is 5.35. The van der Waals surface area contributed by atoms with Gasteiger partial charge in [0.15, 0.2) is 0 Å². The third-order valence-electron chi connectivity index (χ3n) is 2.37. The van der Waals surface area contributed by atoms with Crippen LogP contribution in [0, 0.1) is 13.8 Å². The number of methoxy groups -OCH3 is 1. The van der Waals surface area contributed by atoms with Crippen LogP contribution in [-0.2, 0) is 0 Å². The van der Waals surface area contributed by atoms with Gasteiger partial charge in [0.1, 0.15) is 16.4 Å². The topological polar surface area (TPSA) is 34.0 Å². The molecular formula is C13H14N2OS. The van der Waals surface area contributed by atoms with Gasteiger partial charge in [-0.05, 0) is 48.6 Å². The van der Waals surface area contributed by atoms with E-state index in [9.17, 15) is 0 Å². The van der Waals surface area contributed by atoms with E-state index in [-0.39, 0.29) is 0 Å². The smallest absolute Gasteiger partial charge is 0.149 e. The van der Waals surface area contributed by atoms with Gasteiger partial charge in [-0.3, -0.25) is 0 Å². The number of ether oxygens (including phenoxy) is 1. The van der Waals surface area contributed by atoms with Crippen LogP contribution in [0.25, 0.3) is 0 Å². The Labute approximate surface area is 105 Å². The summed E-state index contributed by atoms with van der Waals surface area (Å²) in [7, 11) is 1.65. The van der Waals surface area contributed by atoms with Gasteiger partial charge in [-0.1, -0.05) is 6.07 Å². The minimum absolute atomic E-state index is 0.776. The molecule has 0 atom stereocenters. The number of hydrogen-bond acceptors (Lipinski definition) is 4. The average Bonchev–Trinajstić information content (AvgIpc) is 2.78. The Kier molecular flexibility index (Phi) is 3.54. The van der Waals surface area contributed by atoms with Crippen molar-refractivity contribution in [3.05, 3.63) is 40.8 Å². The molecule has 0 fully saturated rings. The Balaban J connectivity index is 2.38. The summed E-state index contributed by atoms with van der Waals surface area (Å²) in [5.41, 5.74) is 3.01. The molecule has 1 aromatic heterocycles. The summed E-state index contributed by atoms with van der Waals surface area (Å²) in [5.74, 6) is 0.788. The van der Waals surface area contributed by atoms with E-state index in [1.807, 2.05) is 37.4 Å². The maximum Gasteiger partial charge on any atom is 0.149 e. The van der Waals surface area contributed by atoms with E-state index in [1.54, 1.807) is 18.4 Å². The largest absolute Gasteiger partial charge is 0.494 e. The van der Waals surface area contributed by atoms with E-state index >= 15 is 0 Å². The van der Waals surface area contributed by atoms with Crippen LogP contribution < -0.4 is 4.74 Å². The van der Waals surface area contributed by atoms with Crippen LogP contribution in [-0.4, -0.2) is 7.11 Å². The Morgan fingerprint density at radius 1 is 1.18 bits per heavy atom. The highest BCUT2D eigenvalue weighted by atomic mass is 32.1. The lowest BCUT2D eigenvalue weighted by Crippen LogP contribution is -1.88. The van der Waals surface area contributed by atoms with Gasteiger partial charge in [-0.25, -0.2) is 0 Å². The Morgan fingerprint density at radius 3 is 2.65 bits per heavy atom. The van der Waals surface area contributed by atoms with Gasteiger partial charge >= 0.3 is 0 Å². The molecule has 1 aromatic carbocycles. The van der Waals surface area contributed by atoms with Gasteiger partial charge in [0.2, 0.25) is 0 Å². The molecule has 0 aliphatic heterocycles. The molecule has 88 valence electrons. The van der Waals surface area contributed by atoms with Crippen molar-refractivity contribution in [2.45, 2.75) is 13.8 Å². The molecule has 0 saturated heterocycles. The molecular weight excluding hydrogens is 232 g/mol. The number of aryl methyl sites for hydroxylation is 2. The Bertz CT molecular complexity index is 533. The van der Waals surface area contributed by atoms with Crippen LogP contribution in [0.2, 0.25) is 0 Å².